The molecule has 0 N–H and O–H groups in total. The molecule has 0 bridgehead atoms. The maximum Gasteiger partial charge on any atom is 0.0659 e. The zero-order valence-corrected chi connectivity index (χ0v) is 8.53. The van der Waals surface area contributed by atoms with E-state index in [1.807, 2.05) is 10.9 Å². The Morgan fingerprint density at radius 1 is 1.71 bits per heavy atom. The van der Waals surface area contributed by atoms with Crippen molar-refractivity contribution in [2.24, 2.45) is 5.92 Å². The molecule has 3 heteroatoms. The number of hydrogen-bond donors (Lipinski definition) is 0. The first-order valence-corrected chi connectivity index (χ1v) is 5.28. The van der Waals surface area contributed by atoms with Crippen molar-refractivity contribution in [2.75, 3.05) is 0 Å². The molecule has 0 fully saturated rings. The minimum Gasteiger partial charge on any atom is -0.270 e. The zero-order chi connectivity index (χ0) is 9.97. The second kappa shape index (κ2) is 3.83. The number of aryl methyl sites for hydroxylation is 2. The van der Waals surface area contributed by atoms with Gasteiger partial charge in [-0.2, -0.15) is 10.4 Å². The van der Waals surface area contributed by atoms with Crippen molar-refractivity contribution in [3.63, 3.8) is 0 Å². The van der Waals surface area contributed by atoms with Crippen molar-refractivity contribution >= 4 is 0 Å². The first-order valence-electron chi connectivity index (χ1n) is 5.28. The molecule has 0 saturated carbocycles. The Bertz CT molecular complexity index is 359. The van der Waals surface area contributed by atoms with E-state index < -0.39 is 0 Å². The van der Waals surface area contributed by atoms with Gasteiger partial charge in [-0.1, -0.05) is 0 Å². The van der Waals surface area contributed by atoms with Crippen LogP contribution in [0, 0.1) is 17.2 Å². The molecule has 0 unspecified atom stereocenters. The van der Waals surface area contributed by atoms with Gasteiger partial charge in [0, 0.05) is 18.7 Å². The van der Waals surface area contributed by atoms with Gasteiger partial charge in [-0.3, -0.25) is 4.68 Å². The van der Waals surface area contributed by atoms with Crippen molar-refractivity contribution in [1.29, 1.82) is 5.26 Å². The number of hydrogen-bond acceptors (Lipinski definition) is 2. The lowest BCUT2D eigenvalue weighted by Gasteiger charge is -2.07. The number of nitriles is 1. The van der Waals surface area contributed by atoms with Crippen LogP contribution in [0.25, 0.3) is 0 Å². The molecule has 2 rings (SSSR count). The van der Waals surface area contributed by atoms with Crippen molar-refractivity contribution in [1.82, 2.24) is 9.78 Å². The molecule has 1 aromatic heterocycles. The highest BCUT2D eigenvalue weighted by atomic mass is 15.3. The maximum absolute atomic E-state index is 8.96. The number of aromatic nitrogens is 2. The highest BCUT2D eigenvalue weighted by Crippen LogP contribution is 2.23. The van der Waals surface area contributed by atoms with Crippen LogP contribution in [0.15, 0.2) is 6.20 Å². The molecule has 1 atom stereocenters. The largest absolute Gasteiger partial charge is 0.270 e. The number of nitrogens with zero attached hydrogens (tertiary/aromatic N) is 3. The Hall–Kier alpha value is -1.30. The van der Waals surface area contributed by atoms with E-state index >= 15 is 0 Å². The summed E-state index contributed by atoms with van der Waals surface area (Å²) in [5.41, 5.74) is 2.64. The normalized spacial score (nSPS) is 21.0. The molecule has 74 valence electrons. The van der Waals surface area contributed by atoms with E-state index in [4.69, 9.17) is 5.26 Å². The second-order valence-electron chi connectivity index (χ2n) is 3.85. The van der Waals surface area contributed by atoms with E-state index in [0.29, 0.717) is 0 Å². The van der Waals surface area contributed by atoms with E-state index in [1.54, 1.807) is 0 Å². The Kier molecular flexibility index (Phi) is 2.53. The van der Waals surface area contributed by atoms with Crippen molar-refractivity contribution < 1.29 is 0 Å². The lowest BCUT2D eigenvalue weighted by atomic mass is 10.0. The molecular formula is C11H15N3. The summed E-state index contributed by atoms with van der Waals surface area (Å²) in [6.07, 6.45) is 6.11. The summed E-state index contributed by atoms with van der Waals surface area (Å²) >= 11 is 0. The SMILES string of the molecule is CCn1ncc2c1C[C@H](C#N)CCC2. The van der Waals surface area contributed by atoms with Crippen LogP contribution >= 0.6 is 0 Å². The summed E-state index contributed by atoms with van der Waals surface area (Å²) in [7, 11) is 0. The minimum absolute atomic E-state index is 0.193. The van der Waals surface area contributed by atoms with Crippen LogP contribution in [-0.4, -0.2) is 9.78 Å². The first-order chi connectivity index (χ1) is 6.85. The van der Waals surface area contributed by atoms with Crippen LogP contribution in [0.2, 0.25) is 0 Å². The van der Waals surface area contributed by atoms with Crippen LogP contribution < -0.4 is 0 Å². The predicted molar refractivity (Wildman–Crippen MR) is 53.6 cm³/mol. The van der Waals surface area contributed by atoms with E-state index in [-0.39, 0.29) is 5.92 Å². The van der Waals surface area contributed by atoms with Gasteiger partial charge in [-0.25, -0.2) is 0 Å². The maximum atomic E-state index is 8.96. The summed E-state index contributed by atoms with van der Waals surface area (Å²) in [6, 6.07) is 2.38. The van der Waals surface area contributed by atoms with Crippen LogP contribution in [-0.2, 0) is 19.4 Å². The van der Waals surface area contributed by atoms with Crippen molar-refractivity contribution in [2.45, 2.75) is 39.2 Å². The van der Waals surface area contributed by atoms with Crippen molar-refractivity contribution in [3.8, 4) is 6.07 Å². The fourth-order valence-electron chi connectivity index (χ4n) is 2.15. The second-order valence-corrected chi connectivity index (χ2v) is 3.85. The molecule has 1 aromatic rings. The summed E-state index contributed by atoms with van der Waals surface area (Å²) in [4.78, 5) is 0. The molecule has 0 amide bonds. The Balaban J connectivity index is 2.32. The minimum atomic E-state index is 0.193. The van der Waals surface area contributed by atoms with Gasteiger partial charge in [0.05, 0.1) is 18.2 Å². The highest BCUT2D eigenvalue weighted by molar-refractivity contribution is 5.21. The average molecular weight is 189 g/mol. The molecule has 14 heavy (non-hydrogen) atoms. The van der Waals surface area contributed by atoms with Gasteiger partial charge in [0.2, 0.25) is 0 Å². The van der Waals surface area contributed by atoms with Gasteiger partial charge in [-0.15, -0.1) is 0 Å². The third kappa shape index (κ3) is 1.52. The average Bonchev–Trinajstić information content (AvgIpc) is 2.47. The molecule has 0 saturated heterocycles. The zero-order valence-electron chi connectivity index (χ0n) is 8.53. The summed E-state index contributed by atoms with van der Waals surface area (Å²) in [5.74, 6) is 0.193. The predicted octanol–water partition coefficient (Wildman–Crippen LogP) is 1.92. The third-order valence-corrected chi connectivity index (χ3v) is 2.96. The number of rotatable bonds is 1. The van der Waals surface area contributed by atoms with Gasteiger partial charge >= 0.3 is 0 Å². The molecule has 0 radical (unpaired) electrons. The Labute approximate surface area is 84.3 Å². The molecule has 1 aliphatic rings. The summed E-state index contributed by atoms with van der Waals surface area (Å²) < 4.78 is 2.03. The summed E-state index contributed by atoms with van der Waals surface area (Å²) in [5, 5.41) is 13.3. The van der Waals surface area contributed by atoms with Gasteiger partial charge in [0.1, 0.15) is 0 Å². The topological polar surface area (TPSA) is 41.6 Å². The Morgan fingerprint density at radius 3 is 3.29 bits per heavy atom. The molecule has 3 nitrogen and oxygen atoms in total. The smallest absolute Gasteiger partial charge is 0.0659 e. The molecule has 0 aliphatic heterocycles. The lowest BCUT2D eigenvalue weighted by molar-refractivity contribution is 0.549. The van der Waals surface area contributed by atoms with Crippen LogP contribution in [0.1, 0.15) is 31.0 Å². The van der Waals surface area contributed by atoms with Gasteiger partial charge < -0.3 is 0 Å². The van der Waals surface area contributed by atoms with E-state index in [2.05, 4.69) is 18.1 Å². The van der Waals surface area contributed by atoms with E-state index in [9.17, 15) is 0 Å². The van der Waals surface area contributed by atoms with Crippen LogP contribution in [0.5, 0.6) is 0 Å². The van der Waals surface area contributed by atoms with Crippen molar-refractivity contribution in [3.05, 3.63) is 17.5 Å². The van der Waals surface area contributed by atoms with E-state index in [0.717, 1.165) is 32.2 Å². The third-order valence-electron chi connectivity index (χ3n) is 2.96. The molecule has 0 aromatic carbocycles. The lowest BCUT2D eigenvalue weighted by Crippen LogP contribution is -2.07. The molecule has 1 aliphatic carbocycles. The van der Waals surface area contributed by atoms with Gasteiger partial charge in [-0.05, 0) is 31.7 Å². The Morgan fingerprint density at radius 2 is 2.57 bits per heavy atom. The standard InChI is InChI=1S/C11H15N3/c1-2-14-11-6-9(7-12)4-3-5-10(11)8-13-14/h8-9H,2-6H2,1H3/t9-/m1/s1. The highest BCUT2D eigenvalue weighted by Gasteiger charge is 2.19. The quantitative estimate of drug-likeness (QED) is 0.633. The molecular weight excluding hydrogens is 174 g/mol. The van der Waals surface area contributed by atoms with Gasteiger partial charge in [0.25, 0.3) is 0 Å². The number of fused-ring (bicyclic) bond motifs is 1. The van der Waals surface area contributed by atoms with Gasteiger partial charge in [0.15, 0.2) is 0 Å². The summed E-state index contributed by atoms with van der Waals surface area (Å²) in [6.45, 7) is 3.01. The molecule has 0 spiro atoms. The van der Waals surface area contributed by atoms with Crippen LogP contribution in [0.3, 0.4) is 0 Å². The fraction of sp³-hybridized carbons (Fsp3) is 0.636. The molecule has 1 heterocycles. The monoisotopic (exact) mass is 189 g/mol. The van der Waals surface area contributed by atoms with E-state index in [1.165, 1.54) is 11.3 Å². The first kappa shape index (κ1) is 9.26. The fourth-order valence-corrected chi connectivity index (χ4v) is 2.15. The van der Waals surface area contributed by atoms with Crippen LogP contribution in [0.4, 0.5) is 0 Å².